The highest BCUT2D eigenvalue weighted by Crippen LogP contribution is 2.40. The fourth-order valence-corrected chi connectivity index (χ4v) is 7.42. The van der Waals surface area contributed by atoms with Gasteiger partial charge >= 0.3 is 18.3 Å². The summed E-state index contributed by atoms with van der Waals surface area (Å²) in [4.78, 5) is 46.9. The molecule has 2 saturated heterocycles. The lowest BCUT2D eigenvalue weighted by atomic mass is 10.00. The van der Waals surface area contributed by atoms with Crippen molar-refractivity contribution in [2.45, 2.75) is 63.0 Å². The van der Waals surface area contributed by atoms with E-state index in [-0.39, 0.29) is 34.8 Å². The fraction of sp³-hybridized carbons (Fsp3) is 0.567. The van der Waals surface area contributed by atoms with Crippen LogP contribution in [0.5, 0.6) is 0 Å². The number of amides is 4. The molecule has 0 aliphatic carbocycles. The second-order valence-electron chi connectivity index (χ2n) is 11.9. The van der Waals surface area contributed by atoms with E-state index in [9.17, 15) is 27.6 Å². The average molecular weight is 671 g/mol. The second kappa shape index (κ2) is 13.6. The van der Waals surface area contributed by atoms with Gasteiger partial charge in [-0.1, -0.05) is 11.6 Å². The van der Waals surface area contributed by atoms with Gasteiger partial charge in [-0.25, -0.2) is 9.59 Å². The van der Waals surface area contributed by atoms with Gasteiger partial charge in [0, 0.05) is 62.7 Å². The van der Waals surface area contributed by atoms with Crippen molar-refractivity contribution in [3.63, 3.8) is 0 Å². The molecule has 4 heterocycles. The van der Waals surface area contributed by atoms with Crippen molar-refractivity contribution in [2.24, 2.45) is 0 Å². The second-order valence-corrected chi connectivity index (χ2v) is 13.1. The number of thiophene rings is 1. The van der Waals surface area contributed by atoms with Crippen LogP contribution in [0.1, 0.15) is 42.4 Å². The Morgan fingerprint density at radius 3 is 2.40 bits per heavy atom. The molecule has 0 bridgehead atoms. The quantitative estimate of drug-likeness (QED) is 0.400. The number of benzene rings is 1. The standard InChI is InChI=1S/C30H38ClF3N6O4S/c1-35-26-22(30(32,33)34)12-18(13-23(26)31)14-25(27(41)38-8-4-20(5-9-38)37(2)3)44-29(43)39-10-6-21(7-11-39)40-15-19-16-45-17-24(19)36-28(40)42/h12-13,16-17,20-21,25,35H,4-11,14-15H2,1-3H3,(H,36,42)/t25-/m1/s1. The molecule has 1 atom stereocenters. The Bertz CT molecular complexity index is 1410. The van der Waals surface area contributed by atoms with Gasteiger partial charge in [0.2, 0.25) is 0 Å². The summed E-state index contributed by atoms with van der Waals surface area (Å²) >= 11 is 7.75. The summed E-state index contributed by atoms with van der Waals surface area (Å²) in [6, 6.07) is 2.35. The van der Waals surface area contributed by atoms with Crippen LogP contribution in [0.4, 0.5) is 34.1 Å². The highest BCUT2D eigenvalue weighted by molar-refractivity contribution is 7.08. The first-order valence-corrected chi connectivity index (χ1v) is 16.3. The fourth-order valence-electron chi connectivity index (χ4n) is 6.31. The van der Waals surface area contributed by atoms with Crippen molar-refractivity contribution in [3.8, 4) is 0 Å². The maximum Gasteiger partial charge on any atom is 0.418 e. The molecule has 0 spiro atoms. The summed E-state index contributed by atoms with van der Waals surface area (Å²) in [5.41, 5.74) is 0.777. The van der Waals surface area contributed by atoms with Gasteiger partial charge < -0.3 is 35.0 Å². The molecule has 246 valence electrons. The molecule has 45 heavy (non-hydrogen) atoms. The number of carbonyl (C=O) groups excluding carboxylic acids is 3. The number of fused-ring (bicyclic) bond motifs is 1. The number of nitrogens with one attached hydrogen (secondary N) is 2. The first-order valence-electron chi connectivity index (χ1n) is 15.0. The molecule has 5 rings (SSSR count). The summed E-state index contributed by atoms with van der Waals surface area (Å²) in [7, 11) is 5.30. The Hall–Kier alpha value is -3.23. The number of alkyl halides is 3. The molecule has 0 radical (unpaired) electrons. The lowest BCUT2D eigenvalue weighted by Gasteiger charge is -2.40. The molecule has 0 unspecified atom stereocenters. The van der Waals surface area contributed by atoms with Crippen LogP contribution in [-0.4, -0.2) is 103 Å². The molecule has 3 aliphatic rings. The predicted molar refractivity (Wildman–Crippen MR) is 167 cm³/mol. The van der Waals surface area contributed by atoms with E-state index < -0.39 is 29.8 Å². The Morgan fingerprint density at radius 1 is 1.11 bits per heavy atom. The molecule has 2 N–H and O–H groups in total. The largest absolute Gasteiger partial charge is 0.436 e. The van der Waals surface area contributed by atoms with Crippen molar-refractivity contribution in [1.29, 1.82) is 0 Å². The zero-order valence-electron chi connectivity index (χ0n) is 25.5. The molecule has 2 fully saturated rings. The summed E-state index contributed by atoms with van der Waals surface area (Å²) in [6.07, 6.45) is -4.51. The van der Waals surface area contributed by atoms with E-state index in [1.165, 1.54) is 29.4 Å². The van der Waals surface area contributed by atoms with Crippen molar-refractivity contribution in [1.82, 2.24) is 19.6 Å². The number of hydrogen-bond donors (Lipinski definition) is 2. The molecule has 10 nitrogen and oxygen atoms in total. The van der Waals surface area contributed by atoms with Crippen LogP contribution in [0.15, 0.2) is 22.9 Å². The third-order valence-corrected chi connectivity index (χ3v) is 9.99. The molecule has 3 aliphatic heterocycles. The van der Waals surface area contributed by atoms with Crippen LogP contribution in [0.2, 0.25) is 5.02 Å². The lowest BCUT2D eigenvalue weighted by molar-refractivity contribution is -0.142. The number of rotatable bonds is 7. The number of anilines is 2. The molecule has 1 aromatic heterocycles. The van der Waals surface area contributed by atoms with E-state index >= 15 is 0 Å². The average Bonchev–Trinajstić information content (AvgIpc) is 3.46. The number of carbonyl (C=O) groups is 3. The Balaban J connectivity index is 1.29. The van der Waals surface area contributed by atoms with Gasteiger partial charge in [0.1, 0.15) is 0 Å². The van der Waals surface area contributed by atoms with Crippen LogP contribution >= 0.6 is 22.9 Å². The zero-order chi connectivity index (χ0) is 32.5. The van der Waals surface area contributed by atoms with Crippen LogP contribution in [0.25, 0.3) is 0 Å². The third-order valence-electron chi connectivity index (χ3n) is 8.90. The number of urea groups is 1. The smallest absolute Gasteiger partial charge is 0.418 e. The van der Waals surface area contributed by atoms with Crippen LogP contribution < -0.4 is 10.6 Å². The van der Waals surface area contributed by atoms with E-state index in [1.807, 2.05) is 24.9 Å². The van der Waals surface area contributed by atoms with Crippen molar-refractivity contribution < 1.29 is 32.3 Å². The van der Waals surface area contributed by atoms with Gasteiger partial charge in [-0.3, -0.25) is 4.79 Å². The first-order chi connectivity index (χ1) is 21.3. The lowest BCUT2D eigenvalue weighted by Crippen LogP contribution is -2.52. The minimum atomic E-state index is -4.69. The van der Waals surface area contributed by atoms with Gasteiger partial charge in [0.05, 0.1) is 28.5 Å². The van der Waals surface area contributed by atoms with E-state index in [4.69, 9.17) is 16.3 Å². The van der Waals surface area contributed by atoms with Crippen molar-refractivity contribution >= 4 is 52.3 Å². The molecular formula is C30H38ClF3N6O4S. The van der Waals surface area contributed by atoms with Crippen LogP contribution in [0.3, 0.4) is 0 Å². The van der Waals surface area contributed by atoms with Gasteiger partial charge in [-0.15, -0.1) is 11.3 Å². The van der Waals surface area contributed by atoms with E-state index in [0.717, 1.165) is 30.2 Å². The zero-order valence-corrected chi connectivity index (χ0v) is 27.0. The number of ether oxygens (including phenoxy) is 1. The molecular weight excluding hydrogens is 633 g/mol. The molecule has 1 aromatic carbocycles. The summed E-state index contributed by atoms with van der Waals surface area (Å²) < 4.78 is 47.5. The van der Waals surface area contributed by atoms with Crippen LogP contribution in [-0.2, 0) is 28.7 Å². The first kappa shape index (κ1) is 33.1. The molecule has 4 amide bonds. The van der Waals surface area contributed by atoms with E-state index in [2.05, 4.69) is 15.5 Å². The molecule has 15 heteroatoms. The number of halogens is 4. The Morgan fingerprint density at radius 2 is 1.78 bits per heavy atom. The summed E-state index contributed by atoms with van der Waals surface area (Å²) in [5.74, 6) is -0.450. The van der Waals surface area contributed by atoms with Crippen molar-refractivity contribution in [2.75, 3.05) is 58.0 Å². The maximum absolute atomic E-state index is 13.9. The minimum Gasteiger partial charge on any atom is -0.436 e. The Kier molecular flexibility index (Phi) is 10.0. The predicted octanol–water partition coefficient (Wildman–Crippen LogP) is 5.57. The Labute approximate surface area is 269 Å². The normalized spacial score (nSPS) is 18.9. The SMILES string of the molecule is CNc1c(Cl)cc(C[C@@H](OC(=O)N2CCC(N3Cc4cscc4NC3=O)CC2)C(=O)N2CCC(N(C)C)CC2)cc1C(F)(F)F. The number of piperidine rings is 2. The van der Waals surface area contributed by atoms with Gasteiger partial charge in [0.15, 0.2) is 6.10 Å². The number of hydrogen-bond acceptors (Lipinski definition) is 7. The van der Waals surface area contributed by atoms with Gasteiger partial charge in [-0.2, -0.15) is 13.2 Å². The third kappa shape index (κ3) is 7.44. The summed E-state index contributed by atoms with van der Waals surface area (Å²) in [6.45, 7) is 1.99. The maximum atomic E-state index is 13.9. The van der Waals surface area contributed by atoms with E-state index in [1.54, 1.807) is 9.80 Å². The highest BCUT2D eigenvalue weighted by atomic mass is 35.5. The molecule has 0 saturated carbocycles. The summed E-state index contributed by atoms with van der Waals surface area (Å²) in [5, 5.41) is 9.17. The number of likely N-dealkylation sites (tertiary alicyclic amines) is 2. The van der Waals surface area contributed by atoms with Crippen molar-refractivity contribution in [3.05, 3.63) is 44.6 Å². The topological polar surface area (TPSA) is 97.5 Å². The monoisotopic (exact) mass is 670 g/mol. The highest BCUT2D eigenvalue weighted by Gasteiger charge is 2.38. The van der Waals surface area contributed by atoms with Gasteiger partial charge in [-0.05, 0) is 62.9 Å². The minimum absolute atomic E-state index is 0.0776. The van der Waals surface area contributed by atoms with Crippen LogP contribution in [0, 0.1) is 0 Å². The molecule has 2 aromatic rings. The van der Waals surface area contributed by atoms with E-state index in [0.29, 0.717) is 51.6 Å². The number of nitrogens with zero attached hydrogens (tertiary/aromatic N) is 4. The van der Waals surface area contributed by atoms with Gasteiger partial charge in [0.25, 0.3) is 5.91 Å².